The highest BCUT2D eigenvalue weighted by Gasteiger charge is 2.34. The zero-order chi connectivity index (χ0) is 15.8. The molecule has 5 nitrogen and oxygen atoms in total. The zero-order valence-corrected chi connectivity index (χ0v) is 14.9. The summed E-state index contributed by atoms with van der Waals surface area (Å²) in [6.07, 6.45) is 0. The smallest absolute Gasteiger partial charge is 0.244 e. The Hall–Kier alpha value is -0.470. The molecule has 0 aliphatic carbocycles. The van der Waals surface area contributed by atoms with Gasteiger partial charge in [-0.15, -0.1) is 11.3 Å². The van der Waals surface area contributed by atoms with E-state index in [0.29, 0.717) is 18.0 Å². The van der Waals surface area contributed by atoms with Crippen LogP contribution >= 0.6 is 11.3 Å². The van der Waals surface area contributed by atoms with Gasteiger partial charge in [-0.3, -0.25) is 4.90 Å². The van der Waals surface area contributed by atoms with Crippen LogP contribution in [0.1, 0.15) is 31.2 Å². The van der Waals surface area contributed by atoms with Crippen molar-refractivity contribution in [2.45, 2.75) is 44.7 Å². The van der Waals surface area contributed by atoms with Crippen molar-refractivity contribution in [2.24, 2.45) is 5.73 Å². The van der Waals surface area contributed by atoms with E-state index in [0.717, 1.165) is 23.5 Å². The molecule has 7 heteroatoms. The minimum absolute atomic E-state index is 0.0799. The molecule has 0 bridgehead atoms. The highest BCUT2D eigenvalue weighted by Crippen LogP contribution is 2.30. The van der Waals surface area contributed by atoms with Crippen LogP contribution in [0.15, 0.2) is 10.3 Å². The first-order chi connectivity index (χ1) is 9.67. The van der Waals surface area contributed by atoms with Gasteiger partial charge in [0, 0.05) is 43.1 Å². The van der Waals surface area contributed by atoms with Crippen molar-refractivity contribution in [3.8, 4) is 0 Å². The van der Waals surface area contributed by atoms with Gasteiger partial charge in [0.1, 0.15) is 4.90 Å². The first kappa shape index (κ1) is 16.9. The van der Waals surface area contributed by atoms with Crippen molar-refractivity contribution in [3.63, 3.8) is 0 Å². The van der Waals surface area contributed by atoms with Crippen LogP contribution in [0.25, 0.3) is 0 Å². The van der Waals surface area contributed by atoms with E-state index in [2.05, 4.69) is 25.7 Å². The van der Waals surface area contributed by atoms with Crippen LogP contribution in [-0.2, 0) is 16.6 Å². The van der Waals surface area contributed by atoms with Gasteiger partial charge in [0.05, 0.1) is 0 Å². The van der Waals surface area contributed by atoms with Crippen molar-refractivity contribution < 1.29 is 8.42 Å². The third-order valence-electron chi connectivity index (χ3n) is 3.96. The van der Waals surface area contributed by atoms with E-state index in [1.807, 2.05) is 12.3 Å². The molecule has 1 aromatic heterocycles. The molecule has 0 aromatic carbocycles. The fraction of sp³-hybridized carbons (Fsp3) is 0.714. The van der Waals surface area contributed by atoms with Gasteiger partial charge in [0.2, 0.25) is 10.0 Å². The molecule has 0 spiro atoms. The van der Waals surface area contributed by atoms with Crippen LogP contribution in [0.4, 0.5) is 0 Å². The minimum atomic E-state index is -3.42. The lowest BCUT2D eigenvalue weighted by molar-refractivity contribution is 0.0921. The van der Waals surface area contributed by atoms with Gasteiger partial charge < -0.3 is 5.73 Å². The van der Waals surface area contributed by atoms with Gasteiger partial charge in [-0.2, -0.15) is 4.31 Å². The van der Waals surface area contributed by atoms with Gasteiger partial charge in [-0.1, -0.05) is 0 Å². The van der Waals surface area contributed by atoms with E-state index in [1.54, 1.807) is 4.31 Å². The van der Waals surface area contributed by atoms with Gasteiger partial charge >= 0.3 is 0 Å². The first-order valence-corrected chi connectivity index (χ1v) is 9.52. The molecule has 2 N–H and O–H groups in total. The summed E-state index contributed by atoms with van der Waals surface area (Å²) in [7, 11) is -3.42. The predicted octanol–water partition coefficient (Wildman–Crippen LogP) is 1.62. The third-order valence-corrected chi connectivity index (χ3v) is 7.35. The largest absolute Gasteiger partial charge is 0.326 e. The first-order valence-electron chi connectivity index (χ1n) is 7.20. The monoisotopic (exact) mass is 331 g/mol. The normalized spacial score (nSPS) is 19.1. The third kappa shape index (κ3) is 3.32. The minimum Gasteiger partial charge on any atom is -0.326 e. The molecule has 0 saturated carbocycles. The topological polar surface area (TPSA) is 66.6 Å². The maximum Gasteiger partial charge on any atom is 0.244 e. The Bertz CT molecular complexity index is 594. The molecule has 0 unspecified atom stereocenters. The molecule has 1 saturated heterocycles. The molecule has 2 rings (SSSR count). The van der Waals surface area contributed by atoms with Crippen LogP contribution in [0, 0.1) is 6.92 Å². The number of thiophene rings is 1. The molecule has 0 amide bonds. The lowest BCUT2D eigenvalue weighted by Crippen LogP contribution is -2.54. The Balaban J connectivity index is 2.21. The summed E-state index contributed by atoms with van der Waals surface area (Å²) in [5, 5.41) is 1.88. The second kappa shape index (κ2) is 5.96. The lowest BCUT2D eigenvalue weighted by atomic mass is 10.1. The quantitative estimate of drug-likeness (QED) is 0.914. The molecule has 21 heavy (non-hydrogen) atoms. The Morgan fingerprint density at radius 1 is 1.24 bits per heavy atom. The average Bonchev–Trinajstić information content (AvgIpc) is 2.79. The summed E-state index contributed by atoms with van der Waals surface area (Å²) < 4.78 is 27.3. The van der Waals surface area contributed by atoms with Gasteiger partial charge in [0.15, 0.2) is 0 Å². The van der Waals surface area contributed by atoms with Crippen molar-refractivity contribution in [2.75, 3.05) is 26.2 Å². The van der Waals surface area contributed by atoms with Crippen LogP contribution < -0.4 is 5.73 Å². The predicted molar refractivity (Wildman–Crippen MR) is 87.0 cm³/mol. The Labute approximate surface area is 131 Å². The van der Waals surface area contributed by atoms with E-state index in [1.165, 1.54) is 11.3 Å². The van der Waals surface area contributed by atoms with Crippen LogP contribution in [-0.4, -0.2) is 49.3 Å². The number of nitrogens with zero attached hydrogens (tertiary/aromatic N) is 2. The fourth-order valence-corrected chi connectivity index (χ4v) is 5.78. The molecule has 1 aliphatic heterocycles. The SMILES string of the molecule is Cc1csc(CN)c1S(=O)(=O)N1CCN(C(C)(C)C)CC1. The number of hydrogen-bond acceptors (Lipinski definition) is 5. The van der Waals surface area contributed by atoms with Crippen LogP contribution in [0.5, 0.6) is 0 Å². The maximum absolute atomic E-state index is 12.9. The highest BCUT2D eigenvalue weighted by atomic mass is 32.2. The summed E-state index contributed by atoms with van der Waals surface area (Å²) >= 11 is 1.43. The number of hydrogen-bond donors (Lipinski definition) is 1. The molecule has 1 aromatic rings. The Morgan fingerprint density at radius 3 is 2.29 bits per heavy atom. The van der Waals surface area contributed by atoms with E-state index < -0.39 is 10.0 Å². The Kier molecular flexibility index (Phi) is 4.80. The Morgan fingerprint density at radius 2 is 1.81 bits per heavy atom. The summed E-state index contributed by atoms with van der Waals surface area (Å²) in [6, 6.07) is 0. The van der Waals surface area contributed by atoms with Gasteiger partial charge in [-0.05, 0) is 38.6 Å². The number of rotatable bonds is 3. The van der Waals surface area contributed by atoms with Crippen LogP contribution in [0.2, 0.25) is 0 Å². The van der Waals surface area contributed by atoms with E-state index in [9.17, 15) is 8.42 Å². The van der Waals surface area contributed by atoms with Crippen molar-refractivity contribution >= 4 is 21.4 Å². The van der Waals surface area contributed by atoms with Crippen molar-refractivity contribution in [1.29, 1.82) is 0 Å². The van der Waals surface area contributed by atoms with E-state index >= 15 is 0 Å². The fourth-order valence-electron chi connectivity index (χ4n) is 2.70. The molecule has 120 valence electrons. The lowest BCUT2D eigenvalue weighted by Gasteiger charge is -2.41. The molecule has 2 heterocycles. The maximum atomic E-state index is 12.9. The summed E-state index contributed by atoms with van der Waals surface area (Å²) in [5.74, 6) is 0. The highest BCUT2D eigenvalue weighted by molar-refractivity contribution is 7.89. The molecule has 0 atom stereocenters. The number of piperazine rings is 1. The van der Waals surface area contributed by atoms with Crippen molar-refractivity contribution in [3.05, 3.63) is 15.8 Å². The number of sulfonamides is 1. The summed E-state index contributed by atoms with van der Waals surface area (Å²) in [6.45, 7) is 11.2. The molecular weight excluding hydrogens is 306 g/mol. The zero-order valence-electron chi connectivity index (χ0n) is 13.2. The van der Waals surface area contributed by atoms with E-state index in [-0.39, 0.29) is 12.1 Å². The average molecular weight is 332 g/mol. The summed E-state index contributed by atoms with van der Waals surface area (Å²) in [4.78, 5) is 3.51. The van der Waals surface area contributed by atoms with Gasteiger partial charge in [0.25, 0.3) is 0 Å². The number of aryl methyl sites for hydroxylation is 1. The van der Waals surface area contributed by atoms with Gasteiger partial charge in [-0.25, -0.2) is 8.42 Å². The molecular formula is C14H25N3O2S2. The van der Waals surface area contributed by atoms with E-state index in [4.69, 9.17) is 5.73 Å². The molecule has 1 fully saturated rings. The second-order valence-corrected chi connectivity index (χ2v) is 9.28. The standard InChI is InChI=1S/C14H25N3O2S2/c1-11-10-20-12(9-15)13(11)21(18,19)17-7-5-16(6-8-17)14(2,3)4/h10H,5-9,15H2,1-4H3. The second-order valence-electron chi connectivity index (χ2n) is 6.44. The van der Waals surface area contributed by atoms with Crippen LogP contribution in [0.3, 0.4) is 0 Å². The molecule has 0 radical (unpaired) electrons. The molecule has 1 aliphatic rings. The van der Waals surface area contributed by atoms with Crippen molar-refractivity contribution in [1.82, 2.24) is 9.21 Å². The number of nitrogens with two attached hydrogens (primary N) is 1. The summed E-state index contributed by atoms with van der Waals surface area (Å²) in [5.41, 5.74) is 6.57.